The number of carbonyl (C=O) groups excluding carboxylic acids is 1. The molecule has 3 aromatic rings. The summed E-state index contributed by atoms with van der Waals surface area (Å²) in [7, 11) is 0. The summed E-state index contributed by atoms with van der Waals surface area (Å²) < 4.78 is 7.00. The number of nitrogens with zero attached hydrogens (tertiary/aromatic N) is 3. The molecular weight excluding hydrogens is 356 g/mol. The van der Waals surface area contributed by atoms with Crippen LogP contribution in [0.2, 0.25) is 0 Å². The quantitative estimate of drug-likeness (QED) is 0.566. The number of benzene rings is 1. The monoisotopic (exact) mass is 382 g/mol. The highest BCUT2D eigenvalue weighted by atomic mass is 16.6. The molecule has 0 spiro atoms. The molecule has 0 aliphatic rings. The summed E-state index contributed by atoms with van der Waals surface area (Å²) in [6.45, 7) is 6.94. The molecule has 0 fully saturated rings. The van der Waals surface area contributed by atoms with E-state index in [2.05, 4.69) is 20.7 Å². The maximum atomic E-state index is 11.7. The van der Waals surface area contributed by atoms with Gasteiger partial charge in [0.05, 0.1) is 11.9 Å². The minimum atomic E-state index is -0.510. The van der Waals surface area contributed by atoms with Crippen LogP contribution in [0.25, 0.3) is 16.9 Å². The number of rotatable bonds is 6. The Kier molecular flexibility index (Phi) is 5.79. The summed E-state index contributed by atoms with van der Waals surface area (Å²) in [5.41, 5.74) is 8.90. The lowest BCUT2D eigenvalue weighted by atomic mass is 10.1. The molecule has 0 bridgehead atoms. The Hall–Kier alpha value is -3.13. The largest absolute Gasteiger partial charge is 0.444 e. The molecule has 4 N–H and O–H groups in total. The average Bonchev–Trinajstić information content (AvgIpc) is 3.07. The number of hydrogen-bond acceptors (Lipinski definition) is 6. The summed E-state index contributed by atoms with van der Waals surface area (Å²) in [5, 5.41) is 10.5. The summed E-state index contributed by atoms with van der Waals surface area (Å²) in [5.74, 6) is 0.691. The Morgan fingerprint density at radius 2 is 1.89 bits per heavy atom. The molecule has 1 aromatic carbocycles. The Balaban J connectivity index is 1.64. The third-order valence-corrected chi connectivity index (χ3v) is 3.95. The van der Waals surface area contributed by atoms with Crippen LogP contribution in [-0.4, -0.2) is 39.4 Å². The van der Waals surface area contributed by atoms with Crippen molar-refractivity contribution < 1.29 is 9.53 Å². The topological polar surface area (TPSA) is 107 Å². The number of nitrogens with one attached hydrogen (secondary N) is 2. The molecule has 1 amide bonds. The van der Waals surface area contributed by atoms with E-state index in [4.69, 9.17) is 10.5 Å². The van der Waals surface area contributed by atoms with Crippen LogP contribution in [-0.2, 0) is 11.3 Å². The first-order chi connectivity index (χ1) is 13.4. The van der Waals surface area contributed by atoms with Crippen molar-refractivity contribution in [3.8, 4) is 11.3 Å². The molecule has 8 heteroatoms. The van der Waals surface area contributed by atoms with E-state index in [9.17, 15) is 4.79 Å². The molecule has 148 valence electrons. The third-order valence-electron chi connectivity index (χ3n) is 3.95. The number of ether oxygens (including phenoxy) is 1. The number of anilines is 1. The second-order valence-electron chi connectivity index (χ2n) is 7.39. The van der Waals surface area contributed by atoms with Gasteiger partial charge in [-0.1, -0.05) is 24.3 Å². The fraction of sp³-hybridized carbons (Fsp3) is 0.350. The first-order valence-corrected chi connectivity index (χ1v) is 9.20. The van der Waals surface area contributed by atoms with Crippen molar-refractivity contribution in [3.05, 3.63) is 48.2 Å². The molecule has 0 atom stereocenters. The van der Waals surface area contributed by atoms with Gasteiger partial charge >= 0.3 is 6.09 Å². The van der Waals surface area contributed by atoms with E-state index in [1.807, 2.05) is 57.2 Å². The zero-order valence-corrected chi connectivity index (χ0v) is 16.4. The van der Waals surface area contributed by atoms with Crippen molar-refractivity contribution in [1.29, 1.82) is 0 Å². The summed E-state index contributed by atoms with van der Waals surface area (Å²) in [4.78, 5) is 16.1. The van der Waals surface area contributed by atoms with E-state index in [1.54, 1.807) is 10.7 Å². The minimum absolute atomic E-state index is 0.423. The Labute approximate surface area is 164 Å². The number of nitrogens with two attached hydrogens (primary N) is 1. The predicted molar refractivity (Wildman–Crippen MR) is 109 cm³/mol. The third kappa shape index (κ3) is 4.98. The summed E-state index contributed by atoms with van der Waals surface area (Å²) in [6, 6.07) is 11.8. The van der Waals surface area contributed by atoms with E-state index in [1.165, 1.54) is 0 Å². The van der Waals surface area contributed by atoms with Crippen molar-refractivity contribution in [3.63, 3.8) is 0 Å². The molecule has 0 radical (unpaired) electrons. The van der Waals surface area contributed by atoms with Crippen LogP contribution in [0, 0.1) is 0 Å². The number of amides is 1. The molecule has 28 heavy (non-hydrogen) atoms. The molecule has 0 unspecified atom stereocenters. The highest BCUT2D eigenvalue weighted by Gasteiger charge is 2.15. The van der Waals surface area contributed by atoms with Gasteiger partial charge < -0.3 is 21.1 Å². The lowest BCUT2D eigenvalue weighted by Crippen LogP contribution is -2.35. The molecule has 0 saturated heterocycles. The molecule has 0 saturated carbocycles. The second kappa shape index (κ2) is 8.26. The summed E-state index contributed by atoms with van der Waals surface area (Å²) in [6.07, 6.45) is 1.36. The van der Waals surface area contributed by atoms with Gasteiger partial charge in [0.2, 0.25) is 0 Å². The lowest BCUT2D eigenvalue weighted by molar-refractivity contribution is 0.0530. The number of carbonyl (C=O) groups is 1. The van der Waals surface area contributed by atoms with Gasteiger partial charge in [0.25, 0.3) is 0 Å². The normalized spacial score (nSPS) is 11.4. The highest BCUT2D eigenvalue weighted by molar-refractivity contribution is 5.67. The van der Waals surface area contributed by atoms with Crippen molar-refractivity contribution in [2.45, 2.75) is 32.9 Å². The number of aromatic nitrogens is 3. The number of hydrogen-bond donors (Lipinski definition) is 3. The number of alkyl carbamates (subject to hydrolysis) is 1. The molecular formula is C20H26N6O2. The van der Waals surface area contributed by atoms with Crippen LogP contribution < -0.4 is 16.4 Å². The summed E-state index contributed by atoms with van der Waals surface area (Å²) >= 11 is 0. The molecule has 2 heterocycles. The van der Waals surface area contributed by atoms with Crippen LogP contribution in [0.15, 0.2) is 42.6 Å². The fourth-order valence-electron chi connectivity index (χ4n) is 2.65. The molecule has 8 nitrogen and oxygen atoms in total. The molecule has 0 aliphatic carbocycles. The van der Waals surface area contributed by atoms with Crippen LogP contribution in [0.5, 0.6) is 0 Å². The Morgan fingerprint density at radius 1 is 1.14 bits per heavy atom. The van der Waals surface area contributed by atoms with Gasteiger partial charge in [-0.3, -0.25) is 0 Å². The SMILES string of the molecule is CC(C)(C)OC(=O)NCCNc1ccc2ncc(-c3ccc(CN)cc3)n2n1. The second-order valence-corrected chi connectivity index (χ2v) is 7.39. The van der Waals surface area contributed by atoms with Crippen LogP contribution in [0.3, 0.4) is 0 Å². The zero-order valence-electron chi connectivity index (χ0n) is 16.4. The van der Waals surface area contributed by atoms with Gasteiger partial charge in [-0.25, -0.2) is 14.3 Å². The lowest BCUT2D eigenvalue weighted by Gasteiger charge is -2.19. The van der Waals surface area contributed by atoms with E-state index in [0.717, 1.165) is 22.5 Å². The van der Waals surface area contributed by atoms with Gasteiger partial charge in [-0.15, -0.1) is 5.10 Å². The van der Waals surface area contributed by atoms with Crippen molar-refractivity contribution in [2.75, 3.05) is 18.4 Å². The Morgan fingerprint density at radius 3 is 2.57 bits per heavy atom. The Bertz CT molecular complexity index is 943. The first-order valence-electron chi connectivity index (χ1n) is 9.20. The number of fused-ring (bicyclic) bond motifs is 1. The molecule has 0 aliphatic heterocycles. The number of imidazole rings is 1. The van der Waals surface area contributed by atoms with E-state index < -0.39 is 11.7 Å². The highest BCUT2D eigenvalue weighted by Crippen LogP contribution is 2.21. The van der Waals surface area contributed by atoms with Gasteiger partial charge in [0.1, 0.15) is 11.4 Å². The molecule has 2 aromatic heterocycles. The predicted octanol–water partition coefficient (Wildman–Crippen LogP) is 2.79. The van der Waals surface area contributed by atoms with Crippen LogP contribution in [0.4, 0.5) is 10.6 Å². The van der Waals surface area contributed by atoms with Crippen molar-refractivity contribution >= 4 is 17.6 Å². The maximum Gasteiger partial charge on any atom is 0.407 e. The van der Waals surface area contributed by atoms with Gasteiger partial charge in [-0.05, 0) is 38.5 Å². The zero-order chi connectivity index (χ0) is 20.1. The molecule has 3 rings (SSSR count). The van der Waals surface area contributed by atoms with Gasteiger partial charge in [0.15, 0.2) is 5.65 Å². The van der Waals surface area contributed by atoms with E-state index in [0.29, 0.717) is 25.5 Å². The van der Waals surface area contributed by atoms with Crippen LogP contribution >= 0.6 is 0 Å². The van der Waals surface area contributed by atoms with Crippen molar-refractivity contribution in [2.24, 2.45) is 5.73 Å². The minimum Gasteiger partial charge on any atom is -0.444 e. The van der Waals surface area contributed by atoms with Gasteiger partial charge in [0, 0.05) is 25.2 Å². The smallest absolute Gasteiger partial charge is 0.407 e. The maximum absolute atomic E-state index is 11.7. The average molecular weight is 382 g/mol. The standard InChI is InChI=1S/C20H26N6O2/c1-20(2,3)28-19(27)23-11-10-22-17-8-9-18-24-13-16(26(18)25-17)15-6-4-14(12-21)5-7-15/h4-9,13H,10-12,21H2,1-3H3,(H,22,25)(H,23,27). The van der Waals surface area contributed by atoms with E-state index in [-0.39, 0.29) is 0 Å². The van der Waals surface area contributed by atoms with Crippen molar-refractivity contribution in [1.82, 2.24) is 19.9 Å². The first kappa shape index (κ1) is 19.6. The van der Waals surface area contributed by atoms with Gasteiger partial charge in [-0.2, -0.15) is 0 Å². The van der Waals surface area contributed by atoms with Crippen LogP contribution in [0.1, 0.15) is 26.3 Å². The fourth-order valence-corrected chi connectivity index (χ4v) is 2.65. The van der Waals surface area contributed by atoms with E-state index >= 15 is 0 Å².